The Morgan fingerprint density at radius 1 is 0.407 bits per heavy atom. The zero-order valence-electron chi connectivity index (χ0n) is 34.3. The Bertz CT molecular complexity index is 2270. The summed E-state index contributed by atoms with van der Waals surface area (Å²) >= 11 is 0. The Kier molecular flexibility index (Phi) is 8.78. The summed E-state index contributed by atoms with van der Waals surface area (Å²) in [5, 5.41) is 4.81. The monoisotopic (exact) mass is 778 g/mol. The number of rotatable bonds is 12. The molecule has 0 amide bonds. The number of hydrogen-bond donors (Lipinski definition) is 0. The van der Waals surface area contributed by atoms with E-state index in [-0.39, 0.29) is 18.5 Å². The minimum atomic E-state index is 0.150. The second-order valence-electron chi connectivity index (χ2n) is 20.1. The largest absolute Gasteiger partial charge is 0.576 e. The fourth-order valence-electron chi connectivity index (χ4n) is 14.3. The fourth-order valence-corrected chi connectivity index (χ4v) is 14.3. The molecule has 0 unspecified atom stereocenters. The van der Waals surface area contributed by atoms with E-state index in [0.29, 0.717) is 13.2 Å². The van der Waals surface area contributed by atoms with Crippen molar-refractivity contribution in [3.05, 3.63) is 144 Å². The van der Waals surface area contributed by atoms with Crippen LogP contribution in [0.1, 0.15) is 99.3 Å². The summed E-state index contributed by atoms with van der Waals surface area (Å²) in [5.74, 6) is 8.96. The maximum absolute atomic E-state index is 6.74. The molecule has 8 bridgehead atoms. The maximum Gasteiger partial charge on any atom is 0.576 e. The van der Waals surface area contributed by atoms with Gasteiger partial charge in [0.25, 0.3) is 0 Å². The van der Waals surface area contributed by atoms with Gasteiger partial charge in [0.1, 0.15) is 36.2 Å². The van der Waals surface area contributed by atoms with E-state index in [1.807, 2.05) is 0 Å². The smallest absolute Gasteiger partial charge is 0.529 e. The highest BCUT2D eigenvalue weighted by atomic mass is 16.6. The molecule has 0 radical (unpaired) electrons. The molecule has 8 aliphatic rings. The lowest BCUT2D eigenvalue weighted by molar-refractivity contribution is -0.00654. The minimum absolute atomic E-state index is 0.150. The van der Waals surface area contributed by atoms with Crippen LogP contribution in [0.3, 0.4) is 0 Å². The van der Waals surface area contributed by atoms with Gasteiger partial charge in [0.05, 0.1) is 0 Å². The molecule has 0 spiro atoms. The van der Waals surface area contributed by atoms with Crippen LogP contribution < -0.4 is 18.8 Å². The van der Waals surface area contributed by atoms with Crippen molar-refractivity contribution in [2.45, 2.75) is 101 Å². The zero-order valence-corrected chi connectivity index (χ0v) is 34.3. The van der Waals surface area contributed by atoms with Crippen LogP contribution in [-0.4, -0.2) is 7.69 Å². The highest BCUT2D eigenvalue weighted by Crippen LogP contribution is 2.63. The van der Waals surface area contributed by atoms with E-state index >= 15 is 0 Å². The molecule has 0 aliphatic heterocycles. The number of fused-ring (bicyclic) bond motifs is 2. The van der Waals surface area contributed by atoms with E-state index in [0.717, 1.165) is 58.5 Å². The summed E-state index contributed by atoms with van der Waals surface area (Å²) in [6, 6.07) is 43.6. The predicted octanol–water partition coefficient (Wildman–Crippen LogP) is 12.8. The first-order valence-electron chi connectivity index (χ1n) is 22.8. The summed E-state index contributed by atoms with van der Waals surface area (Å²) in [6.45, 7) is 1.18. The van der Waals surface area contributed by atoms with Crippen LogP contribution in [0.15, 0.2) is 121 Å². The van der Waals surface area contributed by atoms with Crippen LogP contribution in [0.25, 0.3) is 21.5 Å². The topological polar surface area (TPSA) is 36.9 Å². The first-order valence-corrected chi connectivity index (χ1v) is 22.8. The van der Waals surface area contributed by atoms with Crippen LogP contribution in [0.4, 0.5) is 0 Å². The molecule has 298 valence electrons. The quantitative estimate of drug-likeness (QED) is 0.116. The van der Waals surface area contributed by atoms with E-state index in [1.54, 1.807) is 0 Å². The van der Waals surface area contributed by atoms with Gasteiger partial charge in [0.2, 0.25) is 0 Å². The van der Waals surface area contributed by atoms with Crippen molar-refractivity contribution in [2.75, 3.05) is 0 Å². The maximum atomic E-state index is 6.74. The Hall–Kier alpha value is -4.90. The Morgan fingerprint density at radius 3 is 1.15 bits per heavy atom. The third-order valence-corrected chi connectivity index (χ3v) is 16.0. The van der Waals surface area contributed by atoms with Gasteiger partial charge in [-0.25, -0.2) is 0 Å². The van der Waals surface area contributed by atoms with Crippen LogP contribution in [0.5, 0.6) is 23.0 Å². The molecule has 4 nitrogen and oxygen atoms in total. The summed E-state index contributed by atoms with van der Waals surface area (Å²) in [5.41, 5.74) is 5.70. The second-order valence-corrected chi connectivity index (χ2v) is 20.1. The highest BCUT2D eigenvalue weighted by molar-refractivity contribution is 6.21. The van der Waals surface area contributed by atoms with Gasteiger partial charge in [-0.3, -0.25) is 0 Å². The summed E-state index contributed by atoms with van der Waals surface area (Å²) in [4.78, 5) is 0. The lowest BCUT2D eigenvalue weighted by Crippen LogP contribution is -2.48. The Balaban J connectivity index is 0.804. The lowest BCUT2D eigenvalue weighted by atomic mass is 9.48. The molecule has 6 aromatic rings. The molecular weight excluding hydrogens is 723 g/mol. The van der Waals surface area contributed by atoms with E-state index in [9.17, 15) is 0 Å². The standard InChI is InChI=1S/C54H55BO4/c1-3-7-35(8-4-1)33-56-51-25-43-11-13-47(21-45(43)23-49(51)53-27-37-15-38(28-53)17-39(16-37)29-53)58-55-59-48-14-12-44-26-52(57-34-36-9-5-2-6-10-36)50(24-46(44)22-48)54-30-40-18-41(31-54)20-42(19-40)32-54/h1-14,21-26,37-42,55H,15-20,27-34H2. The average Bonchev–Trinajstić information content (AvgIpc) is 3.24. The molecule has 8 fully saturated rings. The molecule has 5 heteroatoms. The summed E-state index contributed by atoms with van der Waals surface area (Å²) < 4.78 is 26.2. The molecule has 0 aromatic heterocycles. The van der Waals surface area contributed by atoms with Crippen molar-refractivity contribution in [3.63, 3.8) is 0 Å². The molecule has 6 aromatic carbocycles. The third kappa shape index (κ3) is 6.77. The number of ether oxygens (including phenoxy) is 2. The zero-order chi connectivity index (χ0) is 39.0. The minimum Gasteiger partial charge on any atom is -0.529 e. The van der Waals surface area contributed by atoms with Crippen molar-refractivity contribution in [1.82, 2.24) is 0 Å². The Morgan fingerprint density at radius 2 is 0.780 bits per heavy atom. The van der Waals surface area contributed by atoms with Gasteiger partial charge in [-0.15, -0.1) is 0 Å². The molecule has 0 N–H and O–H groups in total. The van der Waals surface area contributed by atoms with E-state index < -0.39 is 0 Å². The Labute approximate surface area is 349 Å². The number of benzene rings is 6. The van der Waals surface area contributed by atoms with E-state index in [1.165, 1.54) is 121 Å². The summed E-state index contributed by atoms with van der Waals surface area (Å²) in [7, 11) is 0.150. The first kappa shape index (κ1) is 36.0. The van der Waals surface area contributed by atoms with Gasteiger partial charge in [-0.2, -0.15) is 0 Å². The van der Waals surface area contributed by atoms with Crippen molar-refractivity contribution in [3.8, 4) is 23.0 Å². The number of hydrogen-bond acceptors (Lipinski definition) is 4. The predicted molar refractivity (Wildman–Crippen MR) is 238 cm³/mol. The normalized spacial score (nSPS) is 29.8. The highest BCUT2D eigenvalue weighted by Gasteiger charge is 2.54. The lowest BCUT2D eigenvalue weighted by Gasteiger charge is -2.57. The molecule has 8 saturated carbocycles. The van der Waals surface area contributed by atoms with Crippen LogP contribution in [0.2, 0.25) is 0 Å². The summed E-state index contributed by atoms with van der Waals surface area (Å²) in [6.07, 6.45) is 16.4. The van der Waals surface area contributed by atoms with Crippen LogP contribution >= 0.6 is 0 Å². The van der Waals surface area contributed by atoms with Gasteiger partial charge in [-0.05, 0) is 205 Å². The van der Waals surface area contributed by atoms with Crippen molar-refractivity contribution in [1.29, 1.82) is 0 Å². The second kappa shape index (κ2) is 14.4. The fraction of sp³-hybridized carbons (Fsp3) is 0.407. The molecule has 0 saturated heterocycles. The van der Waals surface area contributed by atoms with E-state index in [4.69, 9.17) is 18.8 Å². The molecule has 14 rings (SSSR count). The first-order chi connectivity index (χ1) is 29.0. The SMILES string of the molecule is B(Oc1ccc2cc(OCc3ccccc3)c(C34CC5CC(CC(C5)C3)C4)cc2c1)Oc1ccc2cc(OCc3ccccc3)c(C34CC5CC(CC(C5)C3)C4)cc2c1. The van der Waals surface area contributed by atoms with Gasteiger partial charge in [0.15, 0.2) is 0 Å². The van der Waals surface area contributed by atoms with Crippen LogP contribution in [0, 0.1) is 35.5 Å². The molecule has 0 atom stereocenters. The average molecular weight is 779 g/mol. The van der Waals surface area contributed by atoms with Crippen molar-refractivity contribution in [2.24, 2.45) is 35.5 Å². The van der Waals surface area contributed by atoms with Gasteiger partial charge in [0, 0.05) is 11.1 Å². The molecule has 0 heterocycles. The van der Waals surface area contributed by atoms with Crippen LogP contribution in [-0.2, 0) is 24.0 Å². The van der Waals surface area contributed by atoms with Gasteiger partial charge >= 0.3 is 7.69 Å². The third-order valence-electron chi connectivity index (χ3n) is 16.0. The van der Waals surface area contributed by atoms with E-state index in [2.05, 4.69) is 121 Å². The molecule has 59 heavy (non-hydrogen) atoms. The van der Waals surface area contributed by atoms with Crippen molar-refractivity contribution < 1.29 is 18.8 Å². The molecule has 8 aliphatic carbocycles. The van der Waals surface area contributed by atoms with Gasteiger partial charge in [-0.1, -0.05) is 72.8 Å². The van der Waals surface area contributed by atoms with Gasteiger partial charge < -0.3 is 18.8 Å². The molecular formula is C54H55BO4. The van der Waals surface area contributed by atoms with Crippen molar-refractivity contribution >= 4 is 29.2 Å².